The van der Waals surface area contributed by atoms with Gasteiger partial charge in [0.1, 0.15) is 5.82 Å². The third-order valence-corrected chi connectivity index (χ3v) is 5.14. The van der Waals surface area contributed by atoms with E-state index in [1.54, 1.807) is 4.68 Å². The molecular formula is C22H20N6O. The zero-order chi connectivity index (χ0) is 19.6. The Morgan fingerprint density at radius 1 is 1.00 bits per heavy atom. The molecule has 3 heterocycles. The molecule has 0 amide bonds. The third kappa shape index (κ3) is 3.60. The van der Waals surface area contributed by atoms with Crippen LogP contribution in [0.15, 0.2) is 71.7 Å². The van der Waals surface area contributed by atoms with Crippen LogP contribution < -0.4 is 5.56 Å². The highest BCUT2D eigenvalue weighted by atomic mass is 16.1. The molecule has 1 N–H and O–H groups in total. The van der Waals surface area contributed by atoms with Gasteiger partial charge in [0.25, 0.3) is 5.56 Å². The molecule has 0 unspecified atom stereocenters. The molecule has 7 heteroatoms. The van der Waals surface area contributed by atoms with Crippen LogP contribution in [0.5, 0.6) is 0 Å². The average molecular weight is 384 g/mol. The summed E-state index contributed by atoms with van der Waals surface area (Å²) in [4.78, 5) is 22.6. The van der Waals surface area contributed by atoms with Crippen LogP contribution in [0.4, 0.5) is 0 Å². The van der Waals surface area contributed by atoms with Crippen LogP contribution in [-0.2, 0) is 19.5 Å². The summed E-state index contributed by atoms with van der Waals surface area (Å²) >= 11 is 0. The first-order valence-electron chi connectivity index (χ1n) is 9.63. The van der Waals surface area contributed by atoms with Gasteiger partial charge in [-0.15, -0.1) is 5.10 Å². The molecule has 144 valence electrons. The molecule has 0 atom stereocenters. The molecule has 1 aliphatic heterocycles. The molecule has 2 aromatic carbocycles. The first-order valence-corrected chi connectivity index (χ1v) is 9.63. The lowest BCUT2D eigenvalue weighted by Gasteiger charge is -2.26. The summed E-state index contributed by atoms with van der Waals surface area (Å²) in [6.07, 6.45) is 2.68. The van der Waals surface area contributed by atoms with Crippen molar-refractivity contribution >= 4 is 0 Å². The molecular weight excluding hydrogens is 364 g/mol. The highest BCUT2D eigenvalue weighted by Crippen LogP contribution is 2.19. The van der Waals surface area contributed by atoms with E-state index in [-0.39, 0.29) is 5.56 Å². The van der Waals surface area contributed by atoms with Crippen molar-refractivity contribution in [1.29, 1.82) is 0 Å². The fourth-order valence-corrected chi connectivity index (χ4v) is 3.66. The standard InChI is InChI=1S/C22H20N6O/c29-22-19-15-27(13-17-14-28(26-25-17)18-9-5-2-6-10-18)12-11-20(19)23-21(24-22)16-7-3-1-4-8-16/h1-10,14H,11-13,15H2,(H,23,24,29). The molecule has 4 aromatic rings. The van der Waals surface area contributed by atoms with Gasteiger partial charge in [-0.25, -0.2) is 9.67 Å². The summed E-state index contributed by atoms with van der Waals surface area (Å²) in [5.74, 6) is 0.633. The minimum absolute atomic E-state index is 0.0634. The fourth-order valence-electron chi connectivity index (χ4n) is 3.66. The maximum absolute atomic E-state index is 12.7. The maximum atomic E-state index is 12.7. The SMILES string of the molecule is O=c1[nH]c(-c2ccccc2)nc2c1CN(Cc1cn(-c3ccccc3)nn1)CC2. The van der Waals surface area contributed by atoms with Gasteiger partial charge >= 0.3 is 0 Å². The van der Waals surface area contributed by atoms with Crippen molar-refractivity contribution in [2.24, 2.45) is 0 Å². The minimum atomic E-state index is -0.0634. The van der Waals surface area contributed by atoms with Crippen LogP contribution in [0.2, 0.25) is 0 Å². The van der Waals surface area contributed by atoms with Crippen molar-refractivity contribution in [2.75, 3.05) is 6.54 Å². The van der Waals surface area contributed by atoms with Gasteiger partial charge in [-0.05, 0) is 12.1 Å². The topological polar surface area (TPSA) is 79.7 Å². The fraction of sp³-hybridized carbons (Fsp3) is 0.182. The predicted octanol–water partition coefficient (Wildman–Crippen LogP) is 2.58. The number of nitrogens with zero attached hydrogens (tertiary/aromatic N) is 5. The van der Waals surface area contributed by atoms with Crippen LogP contribution >= 0.6 is 0 Å². The Bertz CT molecular complexity index is 1180. The van der Waals surface area contributed by atoms with Gasteiger partial charge in [0.2, 0.25) is 0 Å². The normalized spacial score (nSPS) is 13.9. The molecule has 29 heavy (non-hydrogen) atoms. The smallest absolute Gasteiger partial charge is 0.255 e. The zero-order valence-electron chi connectivity index (χ0n) is 15.8. The Morgan fingerprint density at radius 3 is 2.55 bits per heavy atom. The Kier molecular flexibility index (Phi) is 4.50. The van der Waals surface area contributed by atoms with Gasteiger partial charge in [0, 0.05) is 31.6 Å². The van der Waals surface area contributed by atoms with E-state index >= 15 is 0 Å². The second-order valence-electron chi connectivity index (χ2n) is 7.16. The number of fused-ring (bicyclic) bond motifs is 1. The van der Waals surface area contributed by atoms with Gasteiger partial charge in [-0.2, -0.15) is 0 Å². The summed E-state index contributed by atoms with van der Waals surface area (Å²) in [7, 11) is 0. The van der Waals surface area contributed by atoms with E-state index in [9.17, 15) is 4.79 Å². The second kappa shape index (κ2) is 7.44. The van der Waals surface area contributed by atoms with Crippen molar-refractivity contribution < 1.29 is 0 Å². The van der Waals surface area contributed by atoms with Gasteiger partial charge in [-0.1, -0.05) is 53.7 Å². The number of nitrogens with one attached hydrogen (secondary N) is 1. The largest absolute Gasteiger partial charge is 0.306 e. The number of hydrogen-bond acceptors (Lipinski definition) is 5. The molecule has 5 rings (SSSR count). The lowest BCUT2D eigenvalue weighted by atomic mass is 10.1. The molecule has 1 aliphatic rings. The van der Waals surface area contributed by atoms with Crippen molar-refractivity contribution in [1.82, 2.24) is 29.9 Å². The molecule has 0 bridgehead atoms. The van der Waals surface area contributed by atoms with E-state index in [1.807, 2.05) is 66.9 Å². The number of aromatic nitrogens is 5. The highest BCUT2D eigenvalue weighted by molar-refractivity contribution is 5.54. The molecule has 7 nitrogen and oxygen atoms in total. The quantitative estimate of drug-likeness (QED) is 0.585. The Morgan fingerprint density at radius 2 is 1.76 bits per heavy atom. The molecule has 2 aromatic heterocycles. The Labute approximate surface area is 167 Å². The highest BCUT2D eigenvalue weighted by Gasteiger charge is 2.22. The maximum Gasteiger partial charge on any atom is 0.255 e. The van der Waals surface area contributed by atoms with E-state index in [0.717, 1.165) is 41.2 Å². The second-order valence-corrected chi connectivity index (χ2v) is 7.16. The zero-order valence-corrected chi connectivity index (χ0v) is 15.8. The van der Waals surface area contributed by atoms with Crippen molar-refractivity contribution in [3.63, 3.8) is 0 Å². The van der Waals surface area contributed by atoms with E-state index in [2.05, 4.69) is 20.2 Å². The van der Waals surface area contributed by atoms with Crippen LogP contribution in [0, 0.1) is 0 Å². The third-order valence-electron chi connectivity index (χ3n) is 5.14. The number of para-hydroxylation sites is 1. The molecule has 0 aliphatic carbocycles. The van der Waals surface area contributed by atoms with E-state index < -0.39 is 0 Å². The van der Waals surface area contributed by atoms with Gasteiger partial charge in [0.15, 0.2) is 0 Å². The van der Waals surface area contributed by atoms with Gasteiger partial charge in [0.05, 0.1) is 28.8 Å². The number of H-pyrrole nitrogens is 1. The van der Waals surface area contributed by atoms with Crippen LogP contribution in [-0.4, -0.2) is 36.4 Å². The van der Waals surface area contributed by atoms with Crippen molar-refractivity contribution in [3.8, 4) is 17.1 Å². The summed E-state index contributed by atoms with van der Waals surface area (Å²) in [5, 5.41) is 8.51. The Balaban J connectivity index is 1.34. The first kappa shape index (κ1) is 17.5. The van der Waals surface area contributed by atoms with Crippen LogP contribution in [0.25, 0.3) is 17.1 Å². The Hall–Kier alpha value is -3.58. The summed E-state index contributed by atoms with van der Waals surface area (Å²) in [6, 6.07) is 19.6. The predicted molar refractivity (Wildman–Crippen MR) is 109 cm³/mol. The van der Waals surface area contributed by atoms with Crippen molar-refractivity contribution in [2.45, 2.75) is 19.5 Å². The molecule has 0 saturated heterocycles. The number of hydrogen-bond donors (Lipinski definition) is 1. The summed E-state index contributed by atoms with van der Waals surface area (Å²) < 4.78 is 1.77. The van der Waals surface area contributed by atoms with Gasteiger partial charge < -0.3 is 4.98 Å². The van der Waals surface area contributed by atoms with Crippen molar-refractivity contribution in [3.05, 3.63) is 94.2 Å². The minimum Gasteiger partial charge on any atom is -0.306 e. The lowest BCUT2D eigenvalue weighted by molar-refractivity contribution is 0.239. The molecule has 0 fully saturated rings. The average Bonchev–Trinajstić information content (AvgIpc) is 3.24. The lowest BCUT2D eigenvalue weighted by Crippen LogP contribution is -2.35. The number of aromatic amines is 1. The number of benzene rings is 2. The first-order chi connectivity index (χ1) is 14.3. The van der Waals surface area contributed by atoms with E-state index in [4.69, 9.17) is 4.98 Å². The monoisotopic (exact) mass is 384 g/mol. The summed E-state index contributed by atoms with van der Waals surface area (Å²) in [6.45, 7) is 2.03. The van der Waals surface area contributed by atoms with E-state index in [1.165, 1.54) is 0 Å². The van der Waals surface area contributed by atoms with Crippen LogP contribution in [0.1, 0.15) is 17.0 Å². The van der Waals surface area contributed by atoms with Gasteiger partial charge in [-0.3, -0.25) is 9.69 Å². The number of rotatable bonds is 4. The van der Waals surface area contributed by atoms with Crippen LogP contribution in [0.3, 0.4) is 0 Å². The summed E-state index contributed by atoms with van der Waals surface area (Å²) in [5.41, 5.74) is 4.34. The molecule has 0 radical (unpaired) electrons. The molecule has 0 saturated carbocycles. The molecule has 0 spiro atoms. The van der Waals surface area contributed by atoms with E-state index in [0.29, 0.717) is 18.9 Å².